The molecule has 1 rings (SSSR count). The van der Waals surface area contributed by atoms with Crippen molar-refractivity contribution in [2.75, 3.05) is 0 Å². The Hall–Kier alpha value is -0.0800. The first-order chi connectivity index (χ1) is 3.70. The van der Waals surface area contributed by atoms with Crippen LogP contribution in [0.3, 0.4) is 0 Å². The van der Waals surface area contributed by atoms with Crippen LogP contribution in [0.25, 0.3) is 0 Å². The summed E-state index contributed by atoms with van der Waals surface area (Å²) in [4.78, 5) is 0. The maximum absolute atomic E-state index is 5.55. The van der Waals surface area contributed by atoms with Crippen LogP contribution in [0, 0.1) is 0 Å². The van der Waals surface area contributed by atoms with E-state index < -0.39 is 0 Å². The second-order valence-corrected chi connectivity index (χ2v) is 2.83. The summed E-state index contributed by atoms with van der Waals surface area (Å²) >= 11 is 0. The molecule has 3 N–H and O–H groups in total. The summed E-state index contributed by atoms with van der Waals surface area (Å²) in [5.41, 5.74) is 5.55. The Kier molecular flexibility index (Phi) is 1.54. The molecule has 0 aromatic rings. The lowest BCUT2D eigenvalue weighted by Gasteiger charge is -2.04. The molecule has 0 saturated heterocycles. The highest BCUT2D eigenvalue weighted by Crippen LogP contribution is 2.17. The molecule has 0 aromatic heterocycles. The van der Waals surface area contributed by atoms with Gasteiger partial charge in [0.1, 0.15) is 0 Å². The van der Waals surface area contributed by atoms with Crippen LogP contribution >= 0.6 is 0 Å². The molecular weight excluding hydrogens is 100 g/mol. The molecule has 2 heteroatoms. The second-order valence-electron chi connectivity index (χ2n) is 2.83. The zero-order valence-corrected chi connectivity index (χ0v) is 5.52. The average molecular weight is 114 g/mol. The Morgan fingerprint density at radius 1 is 1.62 bits per heavy atom. The summed E-state index contributed by atoms with van der Waals surface area (Å²) in [5.74, 6) is 0. The molecule has 0 unspecified atom stereocenters. The van der Waals surface area contributed by atoms with Crippen LogP contribution in [0.2, 0.25) is 0 Å². The van der Waals surface area contributed by atoms with E-state index in [1.165, 1.54) is 0 Å². The van der Waals surface area contributed by atoms with E-state index in [2.05, 4.69) is 19.2 Å². The Labute approximate surface area is 50.4 Å². The fourth-order valence-electron chi connectivity index (χ4n) is 0.834. The topological polar surface area (TPSA) is 38.0 Å². The third-order valence-electron chi connectivity index (χ3n) is 1.39. The zero-order chi connectivity index (χ0) is 6.15. The fraction of sp³-hybridized carbons (Fsp3) is 1.00. The molecular formula is C6H14N2. The van der Waals surface area contributed by atoms with Crippen LogP contribution in [0.4, 0.5) is 0 Å². The minimum atomic E-state index is 0.442. The van der Waals surface area contributed by atoms with Gasteiger partial charge in [-0.1, -0.05) is 13.8 Å². The van der Waals surface area contributed by atoms with E-state index in [0.29, 0.717) is 18.1 Å². The van der Waals surface area contributed by atoms with E-state index in [9.17, 15) is 0 Å². The van der Waals surface area contributed by atoms with Crippen molar-refractivity contribution in [3.8, 4) is 0 Å². The third-order valence-corrected chi connectivity index (χ3v) is 1.39. The van der Waals surface area contributed by atoms with Crippen LogP contribution in [-0.4, -0.2) is 18.1 Å². The molecule has 0 aromatic carbocycles. The number of rotatable bonds is 2. The molecule has 0 radical (unpaired) electrons. The highest BCUT2D eigenvalue weighted by molar-refractivity contribution is 4.97. The van der Waals surface area contributed by atoms with Crippen molar-refractivity contribution in [1.29, 1.82) is 0 Å². The lowest BCUT2D eigenvalue weighted by Crippen LogP contribution is -2.29. The van der Waals surface area contributed by atoms with Gasteiger partial charge in [-0.25, -0.2) is 0 Å². The maximum atomic E-state index is 5.55. The smallest absolute Gasteiger partial charge is 0.0237 e. The van der Waals surface area contributed by atoms with E-state index in [0.717, 1.165) is 6.42 Å². The summed E-state index contributed by atoms with van der Waals surface area (Å²) in [6.45, 7) is 4.29. The Bertz CT molecular complexity index is 80.6. The predicted molar refractivity (Wildman–Crippen MR) is 34.7 cm³/mol. The lowest BCUT2D eigenvalue weighted by molar-refractivity contribution is 0.575. The zero-order valence-electron chi connectivity index (χ0n) is 5.52. The van der Waals surface area contributed by atoms with Gasteiger partial charge in [-0.05, 0) is 6.42 Å². The largest absolute Gasteiger partial charge is 0.326 e. The second kappa shape index (κ2) is 2.03. The summed E-state index contributed by atoms with van der Waals surface area (Å²) in [7, 11) is 0. The average Bonchev–Trinajstić information content (AvgIpc) is 2.17. The molecule has 0 spiro atoms. The number of nitrogens with two attached hydrogens (primary N) is 1. The molecule has 1 fully saturated rings. The molecule has 0 bridgehead atoms. The van der Waals surface area contributed by atoms with E-state index >= 15 is 0 Å². The normalized spacial score (nSPS) is 36.0. The molecule has 1 aliphatic carbocycles. The molecule has 0 heterocycles. The van der Waals surface area contributed by atoms with Crippen molar-refractivity contribution >= 4 is 0 Å². The van der Waals surface area contributed by atoms with Crippen LogP contribution in [0.5, 0.6) is 0 Å². The van der Waals surface area contributed by atoms with Gasteiger partial charge in [-0.3, -0.25) is 0 Å². The van der Waals surface area contributed by atoms with E-state index in [1.54, 1.807) is 0 Å². The highest BCUT2D eigenvalue weighted by atomic mass is 15.0. The molecule has 8 heavy (non-hydrogen) atoms. The van der Waals surface area contributed by atoms with Crippen molar-refractivity contribution in [1.82, 2.24) is 5.32 Å². The van der Waals surface area contributed by atoms with Gasteiger partial charge in [-0.15, -0.1) is 0 Å². The monoisotopic (exact) mass is 114 g/mol. The van der Waals surface area contributed by atoms with Crippen LogP contribution in [-0.2, 0) is 0 Å². The van der Waals surface area contributed by atoms with Gasteiger partial charge in [0.05, 0.1) is 0 Å². The molecule has 0 amide bonds. The van der Waals surface area contributed by atoms with E-state index in [1.807, 2.05) is 0 Å². The van der Waals surface area contributed by atoms with Crippen LogP contribution in [0.15, 0.2) is 0 Å². The Balaban J connectivity index is 2.05. The van der Waals surface area contributed by atoms with Gasteiger partial charge >= 0.3 is 0 Å². The summed E-state index contributed by atoms with van der Waals surface area (Å²) < 4.78 is 0. The highest BCUT2D eigenvalue weighted by Gasteiger charge is 2.32. The van der Waals surface area contributed by atoms with Crippen LogP contribution < -0.4 is 11.1 Å². The maximum Gasteiger partial charge on any atom is 0.0237 e. The van der Waals surface area contributed by atoms with Gasteiger partial charge < -0.3 is 11.1 Å². The van der Waals surface area contributed by atoms with Crippen molar-refractivity contribution in [3.05, 3.63) is 0 Å². The first kappa shape index (κ1) is 6.05. The van der Waals surface area contributed by atoms with E-state index in [-0.39, 0.29) is 0 Å². The summed E-state index contributed by atoms with van der Waals surface area (Å²) in [5, 5.41) is 3.34. The van der Waals surface area contributed by atoms with Gasteiger partial charge in [0.2, 0.25) is 0 Å². The van der Waals surface area contributed by atoms with Crippen molar-refractivity contribution in [2.45, 2.75) is 38.4 Å². The quantitative estimate of drug-likeness (QED) is 0.533. The fourth-order valence-corrected chi connectivity index (χ4v) is 0.834. The number of nitrogens with one attached hydrogen (secondary N) is 1. The van der Waals surface area contributed by atoms with Gasteiger partial charge in [0.25, 0.3) is 0 Å². The van der Waals surface area contributed by atoms with E-state index in [4.69, 9.17) is 5.73 Å². The molecule has 2 nitrogen and oxygen atoms in total. The molecule has 1 aliphatic rings. The molecule has 2 atom stereocenters. The van der Waals surface area contributed by atoms with Crippen molar-refractivity contribution in [3.63, 3.8) is 0 Å². The van der Waals surface area contributed by atoms with Crippen molar-refractivity contribution < 1.29 is 0 Å². The number of hydrogen-bond donors (Lipinski definition) is 2. The minimum Gasteiger partial charge on any atom is -0.326 e. The van der Waals surface area contributed by atoms with Gasteiger partial charge in [0.15, 0.2) is 0 Å². The lowest BCUT2D eigenvalue weighted by atomic mass is 10.4. The molecule has 1 saturated carbocycles. The molecule has 48 valence electrons. The van der Waals surface area contributed by atoms with Crippen molar-refractivity contribution in [2.24, 2.45) is 5.73 Å². The minimum absolute atomic E-state index is 0.442. The Morgan fingerprint density at radius 3 is 2.25 bits per heavy atom. The third kappa shape index (κ3) is 1.46. The predicted octanol–water partition coefficient (Wildman–Crippen LogP) is 0.0840. The number of hydrogen-bond acceptors (Lipinski definition) is 2. The van der Waals surface area contributed by atoms with Gasteiger partial charge in [-0.2, -0.15) is 0 Å². The Morgan fingerprint density at radius 2 is 2.12 bits per heavy atom. The first-order valence-corrected chi connectivity index (χ1v) is 3.22. The standard InChI is InChI=1S/C6H14N2/c1-4(2)8-6-3-5(6)7/h4-6,8H,3,7H2,1-2H3/t5-,6-/m1/s1. The molecule has 0 aliphatic heterocycles. The van der Waals surface area contributed by atoms with Crippen LogP contribution in [0.1, 0.15) is 20.3 Å². The summed E-state index contributed by atoms with van der Waals surface area (Å²) in [6.07, 6.45) is 1.16. The first-order valence-electron chi connectivity index (χ1n) is 3.22. The SMILES string of the molecule is CC(C)N[C@@H]1C[C@H]1N. The summed E-state index contributed by atoms with van der Waals surface area (Å²) in [6, 6.07) is 1.65. The van der Waals surface area contributed by atoms with Gasteiger partial charge in [0, 0.05) is 18.1 Å².